The first-order chi connectivity index (χ1) is 23.1. The molecule has 0 spiro atoms. The number of nitrogens with one attached hydrogen (secondary N) is 1. The van der Waals surface area contributed by atoms with Crippen molar-refractivity contribution in [3.05, 3.63) is 93.9 Å². The van der Waals surface area contributed by atoms with Crippen LogP contribution < -0.4 is 19.5 Å². The number of hydrogen-bond acceptors (Lipinski definition) is 6. The zero-order valence-electron chi connectivity index (χ0n) is 27.3. The average molecular weight is 650 g/mol. The Morgan fingerprint density at radius 2 is 1.89 bits per heavy atom. The smallest absolute Gasteiger partial charge is 0.251 e. The summed E-state index contributed by atoms with van der Waals surface area (Å²) in [5.41, 5.74) is 6.57. The van der Waals surface area contributed by atoms with Gasteiger partial charge in [-0.1, -0.05) is 50.8 Å². The molecule has 3 heterocycles. The Morgan fingerprint density at radius 3 is 2.66 bits per heavy atom. The van der Waals surface area contributed by atoms with Gasteiger partial charge in [-0.3, -0.25) is 4.79 Å². The van der Waals surface area contributed by atoms with Crippen LogP contribution in [0.15, 0.2) is 72.2 Å². The summed E-state index contributed by atoms with van der Waals surface area (Å²) in [6, 6.07) is 20.3. The van der Waals surface area contributed by atoms with Gasteiger partial charge >= 0.3 is 0 Å². The minimum absolute atomic E-state index is 0.101. The maximum Gasteiger partial charge on any atom is 0.251 e. The van der Waals surface area contributed by atoms with Crippen LogP contribution in [0.5, 0.6) is 17.2 Å². The zero-order valence-corrected chi connectivity index (χ0v) is 28.1. The van der Waals surface area contributed by atoms with Crippen molar-refractivity contribution in [2.75, 3.05) is 20.3 Å². The first-order valence-electron chi connectivity index (χ1n) is 17.0. The summed E-state index contributed by atoms with van der Waals surface area (Å²) < 4.78 is 20.1. The summed E-state index contributed by atoms with van der Waals surface area (Å²) >= 11 is 1.57. The van der Waals surface area contributed by atoms with E-state index in [-0.39, 0.29) is 11.9 Å². The molecule has 1 amide bonds. The second-order valence-electron chi connectivity index (χ2n) is 12.6. The Morgan fingerprint density at radius 1 is 1.06 bits per heavy atom. The lowest BCUT2D eigenvalue weighted by Crippen LogP contribution is -2.30. The van der Waals surface area contributed by atoms with Crippen molar-refractivity contribution in [1.82, 2.24) is 14.9 Å². The normalized spacial score (nSPS) is 15.3. The predicted octanol–water partition coefficient (Wildman–Crippen LogP) is 9.11. The molecule has 0 unspecified atom stereocenters. The van der Waals surface area contributed by atoms with Gasteiger partial charge in [0.1, 0.15) is 28.9 Å². The lowest BCUT2D eigenvalue weighted by molar-refractivity contribution is 0.0936. The highest BCUT2D eigenvalue weighted by Gasteiger charge is 2.30. The van der Waals surface area contributed by atoms with Crippen LogP contribution in [0.2, 0.25) is 0 Å². The van der Waals surface area contributed by atoms with Gasteiger partial charge in [0.15, 0.2) is 0 Å². The molecular formula is C39H43N3O4S. The van der Waals surface area contributed by atoms with Gasteiger partial charge in [-0.2, -0.15) is 0 Å². The van der Waals surface area contributed by atoms with Gasteiger partial charge in [0, 0.05) is 39.7 Å². The number of hydrogen-bond donors (Lipinski definition) is 1. The van der Waals surface area contributed by atoms with E-state index >= 15 is 0 Å². The van der Waals surface area contributed by atoms with E-state index in [2.05, 4.69) is 52.1 Å². The molecule has 1 aliphatic carbocycles. The standard InChI is InChI=1S/C39H43N3O4S/c1-3-4-20-45-29-13-10-26(11-14-29)23-33(39-40-18-22-47-39)41-38(43)28-12-16-31-34(24-28)42-19-21-46-35-25-30(44-2)15-17-32(35)37(42)36(31)27-8-6-5-7-9-27/h10-18,22,24-25,27,33H,3-9,19-21,23H2,1-2H3,(H,41,43)/t33-/m0/s1. The van der Waals surface area contributed by atoms with Crippen LogP contribution in [0.1, 0.15) is 90.3 Å². The third-order valence-electron chi connectivity index (χ3n) is 9.58. The fraction of sp³-hybridized carbons (Fsp3) is 0.385. The van der Waals surface area contributed by atoms with Crippen molar-refractivity contribution in [2.24, 2.45) is 0 Å². The van der Waals surface area contributed by atoms with Gasteiger partial charge in [0.2, 0.25) is 0 Å². The number of ether oxygens (including phenoxy) is 3. The van der Waals surface area contributed by atoms with E-state index in [1.54, 1.807) is 24.6 Å². The van der Waals surface area contributed by atoms with Gasteiger partial charge in [-0.15, -0.1) is 11.3 Å². The second kappa shape index (κ2) is 14.2. The van der Waals surface area contributed by atoms with Crippen molar-refractivity contribution >= 4 is 28.1 Å². The molecule has 8 heteroatoms. The molecule has 2 aromatic heterocycles. The molecule has 0 saturated heterocycles. The number of carbonyl (C=O) groups is 1. The third kappa shape index (κ3) is 6.61. The Balaban J connectivity index is 1.21. The van der Waals surface area contributed by atoms with E-state index < -0.39 is 0 Å². The molecule has 1 aliphatic heterocycles. The maximum absolute atomic E-state index is 14.0. The Labute approximate surface area is 280 Å². The number of unbranched alkanes of at least 4 members (excludes halogenated alkanes) is 1. The van der Waals surface area contributed by atoms with E-state index in [9.17, 15) is 4.79 Å². The predicted molar refractivity (Wildman–Crippen MR) is 188 cm³/mol. The summed E-state index contributed by atoms with van der Waals surface area (Å²) in [6.45, 7) is 4.14. The van der Waals surface area contributed by atoms with Crippen LogP contribution in [0.3, 0.4) is 0 Å². The maximum atomic E-state index is 14.0. The van der Waals surface area contributed by atoms with E-state index in [0.717, 1.165) is 58.3 Å². The molecule has 3 aromatic carbocycles. The first-order valence-corrected chi connectivity index (χ1v) is 17.9. The van der Waals surface area contributed by atoms with E-state index in [4.69, 9.17) is 14.2 Å². The zero-order chi connectivity index (χ0) is 32.2. The number of aromatic nitrogens is 2. The Bertz CT molecular complexity index is 1820. The number of methoxy groups -OCH3 is 1. The molecule has 7 nitrogen and oxygen atoms in total. The summed E-state index contributed by atoms with van der Waals surface area (Å²) in [5.74, 6) is 2.89. The van der Waals surface area contributed by atoms with Crippen LogP contribution in [0.4, 0.5) is 0 Å². The first kappa shape index (κ1) is 31.3. The monoisotopic (exact) mass is 649 g/mol. The molecule has 0 bridgehead atoms. The van der Waals surface area contributed by atoms with Crippen molar-refractivity contribution in [3.8, 4) is 28.5 Å². The van der Waals surface area contributed by atoms with Crippen molar-refractivity contribution in [1.29, 1.82) is 0 Å². The second-order valence-corrected chi connectivity index (χ2v) is 13.6. The van der Waals surface area contributed by atoms with Gasteiger partial charge in [0.25, 0.3) is 5.91 Å². The molecular weight excluding hydrogens is 607 g/mol. The molecule has 1 saturated carbocycles. The summed E-state index contributed by atoms with van der Waals surface area (Å²) in [4.78, 5) is 18.6. The number of amides is 1. The van der Waals surface area contributed by atoms with E-state index in [1.165, 1.54) is 48.7 Å². The van der Waals surface area contributed by atoms with Gasteiger partial charge in [0.05, 0.1) is 32.0 Å². The van der Waals surface area contributed by atoms with E-state index in [1.807, 2.05) is 35.7 Å². The molecule has 7 rings (SSSR count). The molecule has 244 valence electrons. The average Bonchev–Trinajstić information content (AvgIpc) is 3.71. The number of fused-ring (bicyclic) bond motifs is 5. The minimum Gasteiger partial charge on any atom is -0.497 e. The van der Waals surface area contributed by atoms with Crippen LogP contribution in [-0.2, 0) is 13.0 Å². The number of nitrogens with zero attached hydrogens (tertiary/aromatic N) is 2. The number of carbonyl (C=O) groups excluding carboxylic acids is 1. The fourth-order valence-electron chi connectivity index (χ4n) is 7.18. The number of thiazole rings is 1. The third-order valence-corrected chi connectivity index (χ3v) is 10.5. The van der Waals surface area contributed by atoms with Crippen LogP contribution in [0.25, 0.3) is 22.2 Å². The molecule has 1 fully saturated rings. The number of rotatable bonds is 11. The Hall–Kier alpha value is -4.30. The quantitative estimate of drug-likeness (QED) is 0.145. The van der Waals surface area contributed by atoms with Crippen LogP contribution in [0, 0.1) is 0 Å². The molecule has 2 aliphatic rings. The largest absolute Gasteiger partial charge is 0.497 e. The molecule has 0 radical (unpaired) electrons. The highest BCUT2D eigenvalue weighted by Crippen LogP contribution is 2.47. The minimum atomic E-state index is -0.248. The fourth-order valence-corrected chi connectivity index (χ4v) is 7.87. The van der Waals surface area contributed by atoms with E-state index in [0.29, 0.717) is 31.1 Å². The molecule has 5 aromatic rings. The molecule has 47 heavy (non-hydrogen) atoms. The number of benzene rings is 3. The van der Waals surface area contributed by atoms with Crippen molar-refractivity contribution in [3.63, 3.8) is 0 Å². The lowest BCUT2D eigenvalue weighted by Gasteiger charge is -2.23. The molecule has 1 atom stereocenters. The van der Waals surface area contributed by atoms with Crippen molar-refractivity contribution < 1.29 is 19.0 Å². The van der Waals surface area contributed by atoms with Gasteiger partial charge in [-0.05, 0) is 79.1 Å². The SMILES string of the molecule is CCCCOc1ccc(C[C@H](NC(=O)c2ccc3c(C4CCCCC4)c4n(c3c2)CCOc2cc(OC)ccc2-4)c2nccs2)cc1. The summed E-state index contributed by atoms with van der Waals surface area (Å²) in [6.07, 6.45) is 10.7. The topological polar surface area (TPSA) is 74.6 Å². The summed E-state index contributed by atoms with van der Waals surface area (Å²) in [7, 11) is 1.69. The molecule has 1 N–H and O–H groups in total. The van der Waals surface area contributed by atoms with Gasteiger partial charge in [-0.25, -0.2) is 4.98 Å². The van der Waals surface area contributed by atoms with Crippen molar-refractivity contribution in [2.45, 2.75) is 76.8 Å². The van der Waals surface area contributed by atoms with Crippen LogP contribution >= 0.6 is 11.3 Å². The Kier molecular flexibility index (Phi) is 9.47. The van der Waals surface area contributed by atoms with Crippen LogP contribution in [-0.4, -0.2) is 35.8 Å². The highest BCUT2D eigenvalue weighted by molar-refractivity contribution is 7.09. The highest BCUT2D eigenvalue weighted by atomic mass is 32.1. The van der Waals surface area contributed by atoms with Gasteiger partial charge < -0.3 is 24.1 Å². The summed E-state index contributed by atoms with van der Waals surface area (Å²) in [5, 5.41) is 7.42. The lowest BCUT2D eigenvalue weighted by atomic mass is 9.81.